The van der Waals surface area contributed by atoms with Crippen molar-refractivity contribution in [1.29, 1.82) is 0 Å². The zero-order valence-electron chi connectivity index (χ0n) is 20.0. The Hall–Kier alpha value is -3.75. The van der Waals surface area contributed by atoms with Gasteiger partial charge in [0.2, 0.25) is 21.9 Å². The normalized spacial score (nSPS) is 12.1. The van der Waals surface area contributed by atoms with Crippen molar-refractivity contribution in [2.45, 2.75) is 6.10 Å². The average molecular weight is 591 g/mol. The van der Waals surface area contributed by atoms with E-state index >= 15 is 0 Å². The Bertz CT molecular complexity index is 1470. The lowest BCUT2D eigenvalue weighted by atomic mass is 10.2. The van der Waals surface area contributed by atoms with Crippen LogP contribution in [0.1, 0.15) is 11.8 Å². The van der Waals surface area contributed by atoms with E-state index in [-0.39, 0.29) is 17.5 Å². The molecule has 0 fully saturated rings. The summed E-state index contributed by atoms with van der Waals surface area (Å²) < 4.78 is 47.0. The maximum Gasteiger partial charge on any atom is 0.243 e. The number of hydrogen-bond donors (Lipinski definition) is 2. The third kappa shape index (κ3) is 5.81. The van der Waals surface area contributed by atoms with Crippen LogP contribution in [0, 0.1) is 0 Å². The molecule has 14 heteroatoms. The number of aromatic nitrogens is 5. The second-order valence-corrected chi connectivity index (χ2v) is 10.2. The van der Waals surface area contributed by atoms with Gasteiger partial charge < -0.3 is 19.3 Å². The first-order valence-corrected chi connectivity index (χ1v) is 13.2. The van der Waals surface area contributed by atoms with Crippen LogP contribution in [0.5, 0.6) is 17.4 Å². The molecule has 3 heterocycles. The first-order valence-electron chi connectivity index (χ1n) is 10.7. The van der Waals surface area contributed by atoms with Crippen molar-refractivity contribution in [1.82, 2.24) is 24.7 Å². The van der Waals surface area contributed by atoms with Gasteiger partial charge in [0.05, 0.1) is 27.0 Å². The second kappa shape index (κ2) is 11.1. The average Bonchev–Trinajstić information content (AvgIpc) is 3.30. The number of hydrogen-bond acceptors (Lipinski definition) is 10. The molecule has 0 amide bonds. The molecule has 0 bridgehead atoms. The van der Waals surface area contributed by atoms with Crippen LogP contribution in [-0.2, 0) is 10.0 Å². The van der Waals surface area contributed by atoms with E-state index in [0.717, 1.165) is 0 Å². The highest BCUT2D eigenvalue weighted by Gasteiger charge is 2.27. The van der Waals surface area contributed by atoms with Crippen molar-refractivity contribution in [2.24, 2.45) is 0 Å². The summed E-state index contributed by atoms with van der Waals surface area (Å²) in [6, 6.07) is 13.3. The lowest BCUT2D eigenvalue weighted by Gasteiger charge is -2.18. The smallest absolute Gasteiger partial charge is 0.243 e. The molecule has 0 saturated carbocycles. The molecule has 2 N–H and O–H groups in total. The molecular formula is C23H23BrN6O6S. The summed E-state index contributed by atoms with van der Waals surface area (Å²) in [5.41, 5.74) is 0.886. The van der Waals surface area contributed by atoms with Gasteiger partial charge in [-0.25, -0.2) is 13.4 Å². The van der Waals surface area contributed by atoms with Gasteiger partial charge in [-0.2, -0.15) is 0 Å². The predicted octanol–water partition coefficient (Wildman–Crippen LogP) is 2.99. The summed E-state index contributed by atoms with van der Waals surface area (Å²) in [6.45, 7) is 0. The van der Waals surface area contributed by atoms with Crippen LogP contribution in [0.25, 0.3) is 17.2 Å². The van der Waals surface area contributed by atoms with Gasteiger partial charge in [0.1, 0.15) is 34.7 Å². The van der Waals surface area contributed by atoms with E-state index in [1.165, 1.54) is 38.2 Å². The van der Waals surface area contributed by atoms with Crippen molar-refractivity contribution in [3.8, 4) is 34.6 Å². The van der Waals surface area contributed by atoms with E-state index in [2.05, 4.69) is 40.8 Å². The van der Waals surface area contributed by atoms with Gasteiger partial charge in [-0.1, -0.05) is 12.1 Å². The van der Waals surface area contributed by atoms with Crippen LogP contribution in [0.15, 0.2) is 59.2 Å². The number of methoxy groups -OCH3 is 3. The number of aliphatic hydroxyl groups is 1. The van der Waals surface area contributed by atoms with Gasteiger partial charge in [0, 0.05) is 16.7 Å². The first kappa shape index (κ1) is 26.3. The van der Waals surface area contributed by atoms with Crippen LogP contribution in [-0.4, -0.2) is 65.3 Å². The van der Waals surface area contributed by atoms with Gasteiger partial charge in [-0.05, 0) is 46.3 Å². The molecule has 4 rings (SSSR count). The van der Waals surface area contributed by atoms with Gasteiger partial charge in [-0.15, -0.1) is 10.2 Å². The third-order valence-electron chi connectivity index (χ3n) is 5.17. The fourth-order valence-electron chi connectivity index (χ4n) is 3.49. The maximum absolute atomic E-state index is 13.1. The number of halogens is 1. The van der Waals surface area contributed by atoms with Gasteiger partial charge >= 0.3 is 0 Å². The minimum absolute atomic E-state index is 0.168. The largest absolute Gasteiger partial charge is 0.494 e. The molecule has 1 aromatic carbocycles. The number of sulfonamides is 1. The number of para-hydroxylation sites is 1. The van der Waals surface area contributed by atoms with Crippen LogP contribution in [0.4, 0.5) is 5.95 Å². The molecular weight excluding hydrogens is 568 g/mol. The summed E-state index contributed by atoms with van der Waals surface area (Å²) in [5.74, 6) is 0.398. The van der Waals surface area contributed by atoms with Crippen molar-refractivity contribution in [2.75, 3.05) is 31.8 Å². The van der Waals surface area contributed by atoms with Crippen LogP contribution in [0.3, 0.4) is 0 Å². The molecule has 0 aliphatic rings. The molecule has 12 nitrogen and oxygen atoms in total. The highest BCUT2D eigenvalue weighted by atomic mass is 79.9. The van der Waals surface area contributed by atoms with Gasteiger partial charge in [0.15, 0.2) is 5.82 Å². The molecule has 0 saturated heterocycles. The molecule has 1 unspecified atom stereocenters. The predicted molar refractivity (Wildman–Crippen MR) is 139 cm³/mol. The molecule has 0 spiro atoms. The number of aliphatic hydroxyl groups excluding tert-OH is 1. The molecule has 0 radical (unpaired) electrons. The Balaban J connectivity index is 1.80. The number of benzene rings is 1. The second-order valence-electron chi connectivity index (χ2n) is 7.56. The summed E-state index contributed by atoms with van der Waals surface area (Å²) in [5, 5.41) is 18.8. The standard InChI is InChI=1S/C23H23BrN6O6S/c1-34-18-7-5-8-19(35-2)21(18)30-22(16-6-4-9-20(26-16)36-3)27-28-23(30)29-37(32,33)13-17(31)15-11-10-14(24)12-25-15/h4-12,17,31H,13H2,1-3H3,(H,28,29). The summed E-state index contributed by atoms with van der Waals surface area (Å²) in [4.78, 5) is 8.47. The van der Waals surface area contributed by atoms with E-state index in [1.54, 1.807) is 42.5 Å². The molecule has 4 aromatic rings. The van der Waals surface area contributed by atoms with Crippen LogP contribution >= 0.6 is 15.9 Å². The fourth-order valence-corrected chi connectivity index (χ4v) is 4.81. The van der Waals surface area contributed by atoms with E-state index < -0.39 is 21.9 Å². The Labute approximate surface area is 221 Å². The number of ether oxygens (including phenoxy) is 3. The minimum Gasteiger partial charge on any atom is -0.494 e. The summed E-state index contributed by atoms with van der Waals surface area (Å²) >= 11 is 3.26. The van der Waals surface area contributed by atoms with Gasteiger partial charge in [0.25, 0.3) is 0 Å². The quantitative estimate of drug-likeness (QED) is 0.282. The highest BCUT2D eigenvalue weighted by molar-refractivity contribution is 9.10. The van der Waals surface area contributed by atoms with Crippen molar-refractivity contribution in [3.05, 3.63) is 64.9 Å². The zero-order valence-corrected chi connectivity index (χ0v) is 22.4. The van der Waals surface area contributed by atoms with E-state index in [1.807, 2.05) is 0 Å². The van der Waals surface area contributed by atoms with Gasteiger partial charge in [-0.3, -0.25) is 14.3 Å². The molecule has 0 aliphatic heterocycles. The monoisotopic (exact) mass is 590 g/mol. The number of nitrogens with one attached hydrogen (secondary N) is 1. The Morgan fingerprint density at radius 2 is 1.70 bits per heavy atom. The lowest BCUT2D eigenvalue weighted by Crippen LogP contribution is -2.24. The summed E-state index contributed by atoms with van der Waals surface area (Å²) in [7, 11) is 0.272. The first-order chi connectivity index (χ1) is 17.8. The number of anilines is 1. The number of nitrogens with zero attached hydrogens (tertiary/aromatic N) is 5. The van der Waals surface area contributed by atoms with Crippen LogP contribution < -0.4 is 18.9 Å². The fraction of sp³-hybridized carbons (Fsp3) is 0.217. The Morgan fingerprint density at radius 1 is 1.00 bits per heavy atom. The topological polar surface area (TPSA) is 151 Å². The van der Waals surface area contributed by atoms with Crippen molar-refractivity contribution >= 4 is 31.9 Å². The zero-order chi connectivity index (χ0) is 26.6. The van der Waals surface area contributed by atoms with Crippen LogP contribution in [0.2, 0.25) is 0 Å². The molecule has 0 aliphatic carbocycles. The molecule has 37 heavy (non-hydrogen) atoms. The number of rotatable bonds is 10. The van der Waals surface area contributed by atoms with Crippen molar-refractivity contribution in [3.63, 3.8) is 0 Å². The molecule has 194 valence electrons. The highest BCUT2D eigenvalue weighted by Crippen LogP contribution is 2.37. The summed E-state index contributed by atoms with van der Waals surface area (Å²) in [6.07, 6.45) is 0.0821. The Kier molecular flexibility index (Phi) is 7.90. The SMILES string of the molecule is COc1cccc(-c2nnc(NS(=O)(=O)CC(O)c3ccc(Br)cn3)n2-c2c(OC)cccc2OC)n1. The maximum atomic E-state index is 13.1. The van der Waals surface area contributed by atoms with E-state index in [0.29, 0.717) is 33.2 Å². The number of pyridine rings is 2. The van der Waals surface area contributed by atoms with E-state index in [4.69, 9.17) is 14.2 Å². The lowest BCUT2D eigenvalue weighted by molar-refractivity contribution is 0.197. The molecule has 3 aromatic heterocycles. The minimum atomic E-state index is -4.15. The molecule has 1 atom stereocenters. The van der Waals surface area contributed by atoms with Crippen molar-refractivity contribution < 1.29 is 27.7 Å². The third-order valence-corrected chi connectivity index (χ3v) is 6.88. The van der Waals surface area contributed by atoms with E-state index in [9.17, 15) is 13.5 Å². The Morgan fingerprint density at radius 3 is 2.32 bits per heavy atom.